The summed E-state index contributed by atoms with van der Waals surface area (Å²) in [7, 11) is 0. The van der Waals surface area contributed by atoms with Crippen LogP contribution in [0.1, 0.15) is 47.9 Å². The summed E-state index contributed by atoms with van der Waals surface area (Å²) >= 11 is 0. The van der Waals surface area contributed by atoms with Gasteiger partial charge in [-0.15, -0.1) is 0 Å². The monoisotopic (exact) mass is 285 g/mol. The maximum Gasteiger partial charge on any atom is 0.416 e. The fourth-order valence-corrected chi connectivity index (χ4v) is 3.13. The van der Waals surface area contributed by atoms with Crippen molar-refractivity contribution in [2.45, 2.75) is 44.6 Å². The molecule has 0 saturated carbocycles. The van der Waals surface area contributed by atoms with Crippen LogP contribution in [0.2, 0.25) is 0 Å². The second-order valence-electron chi connectivity index (χ2n) is 5.90. The Morgan fingerprint density at radius 2 is 2.00 bits per heavy atom. The molecular weight excluding hydrogens is 267 g/mol. The number of nitrogens with one attached hydrogen (secondary N) is 1. The number of alkyl halides is 3. The second kappa shape index (κ2) is 4.74. The summed E-state index contributed by atoms with van der Waals surface area (Å²) in [6.45, 7) is 5.32. The van der Waals surface area contributed by atoms with Gasteiger partial charge in [-0.1, -0.05) is 19.9 Å². The first-order valence-corrected chi connectivity index (χ1v) is 6.94. The van der Waals surface area contributed by atoms with Crippen molar-refractivity contribution in [2.75, 3.05) is 13.1 Å². The van der Waals surface area contributed by atoms with Crippen LogP contribution in [0.25, 0.3) is 0 Å². The Morgan fingerprint density at radius 1 is 1.25 bits per heavy atom. The molecule has 0 radical (unpaired) electrons. The summed E-state index contributed by atoms with van der Waals surface area (Å²) in [5.41, 5.74) is 1.38. The summed E-state index contributed by atoms with van der Waals surface area (Å²) in [5.74, 6) is 0.121. The van der Waals surface area contributed by atoms with Gasteiger partial charge in [0, 0.05) is 19.0 Å². The SMILES string of the molecule is CC(C)c1cc2c(c(C(F)(F)F)c1)COC1CNCC21. The highest BCUT2D eigenvalue weighted by atomic mass is 19.4. The lowest BCUT2D eigenvalue weighted by molar-refractivity contribution is -0.139. The zero-order valence-electron chi connectivity index (χ0n) is 11.6. The van der Waals surface area contributed by atoms with Crippen molar-refractivity contribution in [3.63, 3.8) is 0 Å². The van der Waals surface area contributed by atoms with Gasteiger partial charge in [-0.05, 0) is 28.7 Å². The third-order valence-corrected chi connectivity index (χ3v) is 4.28. The minimum Gasteiger partial charge on any atom is -0.372 e. The number of benzene rings is 1. The molecule has 2 unspecified atom stereocenters. The Kier molecular flexibility index (Phi) is 3.29. The van der Waals surface area contributed by atoms with Crippen molar-refractivity contribution < 1.29 is 17.9 Å². The van der Waals surface area contributed by atoms with E-state index in [1.165, 1.54) is 6.07 Å². The van der Waals surface area contributed by atoms with Gasteiger partial charge in [-0.25, -0.2) is 0 Å². The Bertz CT molecular complexity index is 525. The van der Waals surface area contributed by atoms with Gasteiger partial charge in [-0.3, -0.25) is 0 Å². The van der Waals surface area contributed by atoms with Gasteiger partial charge in [-0.2, -0.15) is 13.2 Å². The second-order valence-corrected chi connectivity index (χ2v) is 5.90. The Labute approximate surface area is 116 Å². The predicted octanol–water partition coefficient (Wildman–Crippen LogP) is 3.41. The first kappa shape index (κ1) is 13.9. The van der Waals surface area contributed by atoms with Crippen LogP contribution >= 0.6 is 0 Å². The normalized spacial score (nSPS) is 25.7. The predicted molar refractivity (Wildman–Crippen MR) is 69.7 cm³/mol. The van der Waals surface area contributed by atoms with E-state index in [4.69, 9.17) is 4.74 Å². The van der Waals surface area contributed by atoms with Crippen molar-refractivity contribution in [1.82, 2.24) is 5.32 Å². The highest BCUT2D eigenvalue weighted by Crippen LogP contribution is 2.42. The lowest BCUT2D eigenvalue weighted by atomic mass is 9.83. The quantitative estimate of drug-likeness (QED) is 0.853. The summed E-state index contributed by atoms with van der Waals surface area (Å²) in [4.78, 5) is 0. The molecule has 1 aromatic carbocycles. The van der Waals surface area contributed by atoms with Crippen LogP contribution in [0.15, 0.2) is 12.1 Å². The summed E-state index contributed by atoms with van der Waals surface area (Å²) in [5, 5.41) is 3.21. The zero-order valence-corrected chi connectivity index (χ0v) is 11.6. The van der Waals surface area contributed by atoms with Crippen LogP contribution in [-0.4, -0.2) is 19.2 Å². The fourth-order valence-electron chi connectivity index (χ4n) is 3.13. The number of hydrogen-bond donors (Lipinski definition) is 1. The average Bonchev–Trinajstić information content (AvgIpc) is 2.84. The van der Waals surface area contributed by atoms with E-state index in [1.807, 2.05) is 19.9 Å². The molecule has 1 fully saturated rings. The minimum atomic E-state index is -4.32. The van der Waals surface area contributed by atoms with E-state index >= 15 is 0 Å². The molecule has 0 aliphatic carbocycles. The van der Waals surface area contributed by atoms with Gasteiger partial charge < -0.3 is 10.1 Å². The first-order chi connectivity index (χ1) is 9.38. The average molecular weight is 285 g/mol. The van der Waals surface area contributed by atoms with Gasteiger partial charge >= 0.3 is 6.18 Å². The van der Waals surface area contributed by atoms with Gasteiger partial charge in [0.1, 0.15) is 0 Å². The highest BCUT2D eigenvalue weighted by Gasteiger charge is 2.41. The molecule has 0 spiro atoms. The molecule has 1 aromatic rings. The van der Waals surface area contributed by atoms with Crippen LogP contribution < -0.4 is 5.32 Å². The minimum absolute atomic E-state index is 0.00555. The summed E-state index contributed by atoms with van der Waals surface area (Å²) in [6.07, 6.45) is -4.32. The van der Waals surface area contributed by atoms with Crippen molar-refractivity contribution in [1.29, 1.82) is 0 Å². The molecule has 2 heterocycles. The molecule has 1 saturated heterocycles. The van der Waals surface area contributed by atoms with Crippen LogP contribution in [0, 0.1) is 0 Å². The van der Waals surface area contributed by atoms with Gasteiger partial charge in [0.05, 0.1) is 18.3 Å². The van der Waals surface area contributed by atoms with E-state index in [2.05, 4.69) is 5.32 Å². The van der Waals surface area contributed by atoms with Crippen LogP contribution in [0.3, 0.4) is 0 Å². The van der Waals surface area contributed by atoms with Crippen molar-refractivity contribution in [3.8, 4) is 0 Å². The van der Waals surface area contributed by atoms with Crippen LogP contribution in [0.4, 0.5) is 13.2 Å². The van der Waals surface area contributed by atoms with Gasteiger partial charge in [0.2, 0.25) is 0 Å². The fraction of sp³-hybridized carbons (Fsp3) is 0.600. The number of rotatable bonds is 1. The Balaban J connectivity index is 2.17. The largest absolute Gasteiger partial charge is 0.416 e. The van der Waals surface area contributed by atoms with Gasteiger partial charge in [0.25, 0.3) is 0 Å². The van der Waals surface area contributed by atoms with E-state index in [0.717, 1.165) is 17.7 Å². The van der Waals surface area contributed by atoms with E-state index in [1.54, 1.807) is 0 Å². The Hall–Kier alpha value is -1.07. The summed E-state index contributed by atoms with van der Waals surface area (Å²) < 4.78 is 45.5. The number of halogens is 3. The zero-order chi connectivity index (χ0) is 14.5. The molecule has 0 amide bonds. The molecular formula is C15H18F3NO. The molecule has 0 bridgehead atoms. The maximum atomic E-state index is 13.3. The summed E-state index contributed by atoms with van der Waals surface area (Å²) in [6, 6.07) is 3.23. The first-order valence-electron chi connectivity index (χ1n) is 6.94. The van der Waals surface area contributed by atoms with Crippen LogP contribution in [0.5, 0.6) is 0 Å². The van der Waals surface area contributed by atoms with E-state index in [-0.39, 0.29) is 24.5 Å². The molecule has 20 heavy (non-hydrogen) atoms. The molecule has 2 nitrogen and oxygen atoms in total. The van der Waals surface area contributed by atoms with E-state index < -0.39 is 11.7 Å². The molecule has 2 atom stereocenters. The third-order valence-electron chi connectivity index (χ3n) is 4.28. The molecule has 2 aliphatic heterocycles. The maximum absolute atomic E-state index is 13.3. The number of ether oxygens (including phenoxy) is 1. The Morgan fingerprint density at radius 3 is 2.65 bits per heavy atom. The van der Waals surface area contributed by atoms with E-state index in [0.29, 0.717) is 12.1 Å². The van der Waals surface area contributed by atoms with Crippen molar-refractivity contribution in [3.05, 3.63) is 34.4 Å². The smallest absolute Gasteiger partial charge is 0.372 e. The molecule has 1 N–H and O–H groups in total. The third kappa shape index (κ3) is 2.23. The molecule has 3 rings (SSSR count). The molecule has 2 aliphatic rings. The molecule has 5 heteroatoms. The van der Waals surface area contributed by atoms with Crippen molar-refractivity contribution in [2.24, 2.45) is 0 Å². The highest BCUT2D eigenvalue weighted by molar-refractivity contribution is 5.45. The molecule has 0 aromatic heterocycles. The standard InChI is InChI=1S/C15H18F3NO/c1-8(2)9-3-10-11-5-19-6-14(11)20-7-12(10)13(4-9)15(16,17)18/h3-4,8,11,14,19H,5-7H2,1-2H3. The molecule has 110 valence electrons. The van der Waals surface area contributed by atoms with Crippen LogP contribution in [-0.2, 0) is 17.5 Å². The lowest BCUT2D eigenvalue weighted by Crippen LogP contribution is -2.29. The van der Waals surface area contributed by atoms with Gasteiger partial charge in [0.15, 0.2) is 0 Å². The van der Waals surface area contributed by atoms with Crippen molar-refractivity contribution >= 4 is 0 Å². The van der Waals surface area contributed by atoms with E-state index in [9.17, 15) is 13.2 Å². The topological polar surface area (TPSA) is 21.3 Å². The number of fused-ring (bicyclic) bond motifs is 3. The lowest BCUT2D eigenvalue weighted by Gasteiger charge is -2.31. The number of hydrogen-bond acceptors (Lipinski definition) is 2.